The van der Waals surface area contributed by atoms with E-state index in [1.165, 1.54) is 40.9 Å². The number of piperidine rings is 1. The van der Waals surface area contributed by atoms with Crippen LogP contribution in [-0.2, 0) is 6.54 Å². The quantitative estimate of drug-likeness (QED) is 0.766. The van der Waals surface area contributed by atoms with Crippen molar-refractivity contribution in [1.29, 1.82) is 0 Å². The SMILES string of the molecule is CC1(C)CCCN(Cc2cc3ccccc3s2)C1. The van der Waals surface area contributed by atoms with Gasteiger partial charge in [0.2, 0.25) is 0 Å². The zero-order valence-electron chi connectivity index (χ0n) is 11.3. The first-order valence-electron chi connectivity index (χ1n) is 6.82. The van der Waals surface area contributed by atoms with E-state index in [1.54, 1.807) is 0 Å². The molecule has 2 heteroatoms. The summed E-state index contributed by atoms with van der Waals surface area (Å²) in [6, 6.07) is 11.1. The van der Waals surface area contributed by atoms with Crippen molar-refractivity contribution in [3.8, 4) is 0 Å². The first kappa shape index (κ1) is 12.2. The molecule has 1 nitrogen and oxygen atoms in total. The van der Waals surface area contributed by atoms with Gasteiger partial charge in [0, 0.05) is 22.7 Å². The van der Waals surface area contributed by atoms with Gasteiger partial charge in [0.05, 0.1) is 0 Å². The van der Waals surface area contributed by atoms with Crippen molar-refractivity contribution < 1.29 is 0 Å². The molecular formula is C16H21NS. The second kappa shape index (κ2) is 4.67. The van der Waals surface area contributed by atoms with E-state index < -0.39 is 0 Å². The van der Waals surface area contributed by atoms with Crippen LogP contribution >= 0.6 is 11.3 Å². The molecule has 96 valence electrons. The van der Waals surface area contributed by atoms with E-state index in [0.717, 1.165) is 6.54 Å². The summed E-state index contributed by atoms with van der Waals surface area (Å²) in [5, 5.41) is 1.40. The maximum absolute atomic E-state index is 2.62. The van der Waals surface area contributed by atoms with Crippen molar-refractivity contribution >= 4 is 21.4 Å². The fourth-order valence-corrected chi connectivity index (χ4v) is 4.12. The van der Waals surface area contributed by atoms with Gasteiger partial charge in [-0.05, 0) is 42.3 Å². The maximum atomic E-state index is 2.62. The molecule has 0 atom stereocenters. The molecule has 0 unspecified atom stereocenters. The van der Waals surface area contributed by atoms with E-state index in [-0.39, 0.29) is 0 Å². The van der Waals surface area contributed by atoms with Crippen LogP contribution in [0.15, 0.2) is 30.3 Å². The second-order valence-electron chi connectivity index (χ2n) is 6.23. The van der Waals surface area contributed by atoms with Gasteiger partial charge in [-0.2, -0.15) is 0 Å². The Hall–Kier alpha value is -0.860. The van der Waals surface area contributed by atoms with Gasteiger partial charge in [-0.25, -0.2) is 0 Å². The van der Waals surface area contributed by atoms with Gasteiger partial charge in [-0.3, -0.25) is 4.90 Å². The molecule has 0 bridgehead atoms. The average molecular weight is 259 g/mol. The highest BCUT2D eigenvalue weighted by Crippen LogP contribution is 2.31. The number of hydrogen-bond donors (Lipinski definition) is 0. The first-order valence-corrected chi connectivity index (χ1v) is 7.64. The second-order valence-corrected chi connectivity index (χ2v) is 7.40. The van der Waals surface area contributed by atoms with Crippen LogP contribution in [0, 0.1) is 5.41 Å². The molecule has 1 aromatic heterocycles. The standard InChI is InChI=1S/C16H21NS/c1-16(2)8-5-9-17(12-16)11-14-10-13-6-3-4-7-15(13)18-14/h3-4,6-7,10H,5,8-9,11-12H2,1-2H3. The topological polar surface area (TPSA) is 3.24 Å². The average Bonchev–Trinajstić information content (AvgIpc) is 2.69. The molecule has 0 saturated carbocycles. The number of benzene rings is 1. The minimum atomic E-state index is 0.495. The third kappa shape index (κ3) is 2.60. The van der Waals surface area contributed by atoms with Crippen molar-refractivity contribution in [2.45, 2.75) is 33.2 Å². The molecule has 18 heavy (non-hydrogen) atoms. The minimum Gasteiger partial charge on any atom is -0.298 e. The molecule has 0 aliphatic carbocycles. The predicted molar refractivity (Wildman–Crippen MR) is 80.1 cm³/mol. The van der Waals surface area contributed by atoms with Crippen molar-refractivity contribution in [2.75, 3.05) is 13.1 Å². The zero-order chi connectivity index (χ0) is 12.6. The lowest BCUT2D eigenvalue weighted by Crippen LogP contribution is -2.39. The Morgan fingerprint density at radius 1 is 1.28 bits per heavy atom. The maximum Gasteiger partial charge on any atom is 0.0346 e. The Morgan fingerprint density at radius 3 is 2.89 bits per heavy atom. The fourth-order valence-electron chi connectivity index (χ4n) is 3.01. The molecule has 0 radical (unpaired) electrons. The summed E-state index contributed by atoms with van der Waals surface area (Å²) >= 11 is 1.95. The zero-order valence-corrected chi connectivity index (χ0v) is 12.1. The fraction of sp³-hybridized carbons (Fsp3) is 0.500. The number of thiophene rings is 1. The molecule has 2 heterocycles. The summed E-state index contributed by atoms with van der Waals surface area (Å²) in [4.78, 5) is 4.13. The van der Waals surface area contributed by atoms with Gasteiger partial charge in [0.1, 0.15) is 0 Å². The van der Waals surface area contributed by atoms with Crippen LogP contribution in [0.5, 0.6) is 0 Å². The van der Waals surface area contributed by atoms with Gasteiger partial charge in [-0.15, -0.1) is 11.3 Å². The molecule has 2 aromatic rings. The third-order valence-electron chi connectivity index (χ3n) is 3.84. The van der Waals surface area contributed by atoms with Crippen LogP contribution in [0.25, 0.3) is 10.1 Å². The van der Waals surface area contributed by atoms with Crippen molar-refractivity contribution in [3.63, 3.8) is 0 Å². The molecule has 0 N–H and O–H groups in total. The largest absolute Gasteiger partial charge is 0.298 e. The number of hydrogen-bond acceptors (Lipinski definition) is 2. The van der Waals surface area contributed by atoms with Crippen LogP contribution in [0.1, 0.15) is 31.6 Å². The molecule has 3 rings (SSSR count). The van der Waals surface area contributed by atoms with Crippen LogP contribution in [0.2, 0.25) is 0 Å². The number of likely N-dealkylation sites (tertiary alicyclic amines) is 1. The lowest BCUT2D eigenvalue weighted by molar-refractivity contribution is 0.112. The summed E-state index contributed by atoms with van der Waals surface area (Å²) in [5.74, 6) is 0. The van der Waals surface area contributed by atoms with Gasteiger partial charge in [-0.1, -0.05) is 32.0 Å². The number of nitrogens with zero attached hydrogens (tertiary/aromatic N) is 1. The molecule has 1 aliphatic rings. The molecule has 1 fully saturated rings. The highest BCUT2D eigenvalue weighted by molar-refractivity contribution is 7.19. The van der Waals surface area contributed by atoms with Crippen molar-refractivity contribution in [1.82, 2.24) is 4.90 Å². The Balaban J connectivity index is 1.76. The third-order valence-corrected chi connectivity index (χ3v) is 4.94. The van der Waals surface area contributed by atoms with Crippen LogP contribution in [-0.4, -0.2) is 18.0 Å². The lowest BCUT2D eigenvalue weighted by atomic mass is 9.84. The summed E-state index contributed by atoms with van der Waals surface area (Å²) in [6.07, 6.45) is 2.72. The van der Waals surface area contributed by atoms with Gasteiger partial charge in [0.15, 0.2) is 0 Å². The normalized spacial score (nSPS) is 20.3. The molecule has 1 saturated heterocycles. The molecule has 0 amide bonds. The van der Waals surface area contributed by atoms with E-state index in [4.69, 9.17) is 0 Å². The van der Waals surface area contributed by atoms with Gasteiger partial charge >= 0.3 is 0 Å². The lowest BCUT2D eigenvalue weighted by Gasteiger charge is -2.37. The minimum absolute atomic E-state index is 0.495. The summed E-state index contributed by atoms with van der Waals surface area (Å²) in [6.45, 7) is 8.41. The van der Waals surface area contributed by atoms with Crippen LogP contribution in [0.3, 0.4) is 0 Å². The van der Waals surface area contributed by atoms with E-state index in [0.29, 0.717) is 5.41 Å². The number of rotatable bonds is 2. The van der Waals surface area contributed by atoms with E-state index in [1.807, 2.05) is 11.3 Å². The molecule has 1 aromatic carbocycles. The number of fused-ring (bicyclic) bond motifs is 1. The highest BCUT2D eigenvalue weighted by Gasteiger charge is 2.26. The highest BCUT2D eigenvalue weighted by atomic mass is 32.1. The van der Waals surface area contributed by atoms with Crippen LogP contribution in [0.4, 0.5) is 0 Å². The molecular weight excluding hydrogens is 238 g/mol. The Labute approximate surface area is 113 Å². The van der Waals surface area contributed by atoms with Gasteiger partial charge < -0.3 is 0 Å². The van der Waals surface area contributed by atoms with Crippen molar-refractivity contribution in [3.05, 3.63) is 35.2 Å². The van der Waals surface area contributed by atoms with E-state index in [2.05, 4.69) is 49.1 Å². The first-order chi connectivity index (χ1) is 8.62. The van der Waals surface area contributed by atoms with Crippen LogP contribution < -0.4 is 0 Å². The smallest absolute Gasteiger partial charge is 0.0346 e. The predicted octanol–water partition coefficient (Wildman–Crippen LogP) is 4.52. The Morgan fingerprint density at radius 2 is 2.11 bits per heavy atom. The Kier molecular flexibility index (Phi) is 3.16. The Bertz CT molecular complexity index is 508. The van der Waals surface area contributed by atoms with E-state index >= 15 is 0 Å². The monoisotopic (exact) mass is 259 g/mol. The summed E-state index contributed by atoms with van der Waals surface area (Å²) in [7, 11) is 0. The molecule has 0 spiro atoms. The van der Waals surface area contributed by atoms with E-state index in [9.17, 15) is 0 Å². The molecule has 1 aliphatic heterocycles. The van der Waals surface area contributed by atoms with Crippen molar-refractivity contribution in [2.24, 2.45) is 5.41 Å². The summed E-state index contributed by atoms with van der Waals surface area (Å²) < 4.78 is 1.42. The summed E-state index contributed by atoms with van der Waals surface area (Å²) in [5.41, 5.74) is 0.495. The van der Waals surface area contributed by atoms with Gasteiger partial charge in [0.25, 0.3) is 0 Å².